The summed E-state index contributed by atoms with van der Waals surface area (Å²) in [6, 6.07) is 7.47. The fourth-order valence-electron chi connectivity index (χ4n) is 3.18. The molecule has 0 aliphatic carbocycles. The van der Waals surface area contributed by atoms with Gasteiger partial charge in [-0.3, -0.25) is 4.79 Å². The van der Waals surface area contributed by atoms with Crippen LogP contribution in [0.3, 0.4) is 0 Å². The van der Waals surface area contributed by atoms with Gasteiger partial charge in [0.05, 0.1) is 16.6 Å². The highest BCUT2D eigenvalue weighted by Gasteiger charge is 2.24. The molecule has 0 fully saturated rings. The molecule has 0 atom stereocenters. The minimum Gasteiger partial charge on any atom is -0.383 e. The van der Waals surface area contributed by atoms with Crippen molar-refractivity contribution in [1.29, 1.82) is 0 Å². The average Bonchev–Trinajstić information content (AvgIpc) is 3.21. The van der Waals surface area contributed by atoms with Crippen molar-refractivity contribution in [2.45, 2.75) is 26.3 Å². The summed E-state index contributed by atoms with van der Waals surface area (Å²) in [5, 5.41) is 9.05. The number of rotatable bonds is 2. The van der Waals surface area contributed by atoms with Crippen LogP contribution < -0.4 is 11.1 Å². The van der Waals surface area contributed by atoms with E-state index in [1.807, 2.05) is 22.9 Å². The molecular formula is C19H21N7O. The van der Waals surface area contributed by atoms with Crippen LogP contribution in [0.1, 0.15) is 31.1 Å². The first-order valence-electron chi connectivity index (χ1n) is 8.64. The van der Waals surface area contributed by atoms with E-state index in [2.05, 4.69) is 41.0 Å². The van der Waals surface area contributed by atoms with E-state index < -0.39 is 0 Å². The molecule has 3 heterocycles. The molecule has 4 rings (SSSR count). The number of aromatic nitrogens is 5. The molecule has 1 amide bonds. The Balaban J connectivity index is 1.96. The van der Waals surface area contributed by atoms with E-state index in [1.54, 1.807) is 13.1 Å². The summed E-state index contributed by atoms with van der Waals surface area (Å²) in [6.07, 6.45) is 1.45. The van der Waals surface area contributed by atoms with Gasteiger partial charge >= 0.3 is 0 Å². The van der Waals surface area contributed by atoms with Crippen LogP contribution >= 0.6 is 0 Å². The highest BCUT2D eigenvalue weighted by Crippen LogP contribution is 2.34. The van der Waals surface area contributed by atoms with Crippen molar-refractivity contribution in [3.8, 4) is 11.4 Å². The lowest BCUT2D eigenvalue weighted by molar-refractivity contribution is 0.0963. The summed E-state index contributed by atoms with van der Waals surface area (Å²) in [7, 11) is 1.61. The van der Waals surface area contributed by atoms with Gasteiger partial charge in [-0.25, -0.2) is 14.6 Å². The number of hydrogen-bond acceptors (Lipinski definition) is 5. The Morgan fingerprint density at radius 2 is 2.00 bits per heavy atom. The number of nitrogens with one attached hydrogen (secondary N) is 2. The molecule has 0 radical (unpaired) electrons. The van der Waals surface area contributed by atoms with Crippen LogP contribution in [0.2, 0.25) is 0 Å². The Labute approximate surface area is 155 Å². The fourth-order valence-corrected chi connectivity index (χ4v) is 3.18. The molecule has 1 aromatic carbocycles. The number of H-pyrrole nitrogens is 1. The molecule has 0 saturated carbocycles. The molecule has 0 aliphatic heterocycles. The van der Waals surface area contributed by atoms with Crippen molar-refractivity contribution < 1.29 is 4.79 Å². The second kappa shape index (κ2) is 5.80. The van der Waals surface area contributed by atoms with Gasteiger partial charge < -0.3 is 16.0 Å². The number of carbonyl (C=O) groups is 1. The van der Waals surface area contributed by atoms with Crippen LogP contribution in [0.25, 0.3) is 33.3 Å². The molecule has 4 N–H and O–H groups in total. The van der Waals surface area contributed by atoms with Gasteiger partial charge in [-0.2, -0.15) is 5.10 Å². The molecule has 0 bridgehead atoms. The molecule has 3 aromatic heterocycles. The zero-order chi connectivity index (χ0) is 19.3. The van der Waals surface area contributed by atoms with Crippen LogP contribution in [0, 0.1) is 0 Å². The van der Waals surface area contributed by atoms with Crippen molar-refractivity contribution in [3.05, 3.63) is 36.2 Å². The van der Waals surface area contributed by atoms with E-state index in [0.717, 1.165) is 16.6 Å². The van der Waals surface area contributed by atoms with Gasteiger partial charge in [0.2, 0.25) is 0 Å². The second-order valence-corrected chi connectivity index (χ2v) is 7.45. The minimum absolute atomic E-state index is 0.125. The third kappa shape index (κ3) is 2.69. The van der Waals surface area contributed by atoms with Crippen molar-refractivity contribution in [1.82, 2.24) is 30.0 Å². The van der Waals surface area contributed by atoms with E-state index in [1.165, 1.54) is 6.33 Å². The highest BCUT2D eigenvalue weighted by molar-refractivity contribution is 6.02. The first-order valence-corrected chi connectivity index (χ1v) is 8.64. The van der Waals surface area contributed by atoms with E-state index in [9.17, 15) is 4.79 Å². The second-order valence-electron chi connectivity index (χ2n) is 7.45. The third-order valence-corrected chi connectivity index (χ3v) is 4.49. The topological polar surface area (TPSA) is 115 Å². The zero-order valence-corrected chi connectivity index (χ0v) is 15.7. The summed E-state index contributed by atoms with van der Waals surface area (Å²) in [4.78, 5) is 23.8. The lowest BCUT2D eigenvalue weighted by Gasteiger charge is -2.19. The third-order valence-electron chi connectivity index (χ3n) is 4.49. The number of nitrogen functional groups attached to an aromatic ring is 1. The molecular weight excluding hydrogens is 342 g/mol. The molecule has 138 valence electrons. The Morgan fingerprint density at radius 1 is 1.22 bits per heavy atom. The van der Waals surface area contributed by atoms with Crippen molar-refractivity contribution >= 4 is 33.7 Å². The van der Waals surface area contributed by atoms with Crippen molar-refractivity contribution in [3.63, 3.8) is 0 Å². The standard InChI is InChI=1S/C19H21N7O/c1-19(2,3)26-17-14(16(20)22-9-23-17)15(25-26)13-8-11-7-10(18(27)21-4)5-6-12(11)24-13/h5-9,24H,1-4H3,(H,21,27)(H2,20,22,23). The Bertz CT molecular complexity index is 1180. The summed E-state index contributed by atoms with van der Waals surface area (Å²) >= 11 is 0. The van der Waals surface area contributed by atoms with Crippen LogP contribution in [0.4, 0.5) is 5.82 Å². The lowest BCUT2D eigenvalue weighted by atomic mass is 10.1. The van der Waals surface area contributed by atoms with Gasteiger partial charge in [0.15, 0.2) is 5.65 Å². The maximum atomic E-state index is 11.9. The van der Waals surface area contributed by atoms with Gasteiger partial charge in [-0.15, -0.1) is 0 Å². The maximum absolute atomic E-state index is 11.9. The van der Waals surface area contributed by atoms with Crippen LogP contribution in [-0.2, 0) is 5.54 Å². The normalized spacial score (nSPS) is 12.0. The number of benzene rings is 1. The average molecular weight is 363 g/mol. The fraction of sp³-hybridized carbons (Fsp3) is 0.263. The van der Waals surface area contributed by atoms with E-state index in [-0.39, 0.29) is 11.4 Å². The predicted molar refractivity (Wildman–Crippen MR) is 105 cm³/mol. The molecule has 27 heavy (non-hydrogen) atoms. The van der Waals surface area contributed by atoms with Crippen LogP contribution in [0.15, 0.2) is 30.6 Å². The monoisotopic (exact) mass is 363 g/mol. The molecule has 0 saturated heterocycles. The largest absolute Gasteiger partial charge is 0.383 e. The number of nitrogens with zero attached hydrogens (tertiary/aromatic N) is 4. The summed E-state index contributed by atoms with van der Waals surface area (Å²) in [6.45, 7) is 6.17. The highest BCUT2D eigenvalue weighted by atomic mass is 16.1. The lowest BCUT2D eigenvalue weighted by Crippen LogP contribution is -2.23. The number of anilines is 1. The summed E-state index contributed by atoms with van der Waals surface area (Å²) in [5.74, 6) is 0.259. The maximum Gasteiger partial charge on any atom is 0.251 e. The number of fused-ring (bicyclic) bond motifs is 2. The van der Waals surface area contributed by atoms with Gasteiger partial charge in [0, 0.05) is 23.5 Å². The Morgan fingerprint density at radius 3 is 2.70 bits per heavy atom. The first-order chi connectivity index (χ1) is 12.8. The number of carbonyl (C=O) groups excluding carboxylic acids is 1. The van der Waals surface area contributed by atoms with Crippen molar-refractivity contribution in [2.75, 3.05) is 12.8 Å². The van der Waals surface area contributed by atoms with E-state index in [4.69, 9.17) is 10.8 Å². The molecule has 8 heteroatoms. The molecule has 0 aliphatic rings. The SMILES string of the molecule is CNC(=O)c1ccc2[nH]c(-c3nn(C(C)(C)C)c4ncnc(N)c34)cc2c1. The Kier molecular flexibility index (Phi) is 3.66. The minimum atomic E-state index is -0.268. The molecule has 0 spiro atoms. The zero-order valence-electron chi connectivity index (χ0n) is 15.7. The molecule has 0 unspecified atom stereocenters. The molecule has 4 aromatic rings. The van der Waals surface area contributed by atoms with E-state index in [0.29, 0.717) is 28.1 Å². The summed E-state index contributed by atoms with van der Waals surface area (Å²) in [5.41, 5.74) is 9.58. The number of amides is 1. The van der Waals surface area contributed by atoms with Gasteiger partial charge in [-0.05, 0) is 45.0 Å². The predicted octanol–water partition coefficient (Wildman–Crippen LogP) is 2.67. The number of nitrogens with two attached hydrogens (primary N) is 1. The van der Waals surface area contributed by atoms with Crippen LogP contribution in [-0.4, -0.2) is 37.7 Å². The first kappa shape index (κ1) is 17.0. The van der Waals surface area contributed by atoms with E-state index >= 15 is 0 Å². The van der Waals surface area contributed by atoms with Gasteiger partial charge in [0.1, 0.15) is 17.8 Å². The van der Waals surface area contributed by atoms with Gasteiger partial charge in [0.25, 0.3) is 5.91 Å². The Hall–Kier alpha value is -3.42. The van der Waals surface area contributed by atoms with Crippen molar-refractivity contribution in [2.24, 2.45) is 0 Å². The number of hydrogen-bond donors (Lipinski definition) is 3. The smallest absolute Gasteiger partial charge is 0.251 e. The summed E-state index contributed by atoms with van der Waals surface area (Å²) < 4.78 is 1.86. The van der Waals surface area contributed by atoms with Crippen LogP contribution in [0.5, 0.6) is 0 Å². The number of aromatic amines is 1. The molecule has 8 nitrogen and oxygen atoms in total. The van der Waals surface area contributed by atoms with Gasteiger partial charge in [-0.1, -0.05) is 0 Å². The quantitative estimate of drug-likeness (QED) is 0.506.